The Balaban J connectivity index is 1.40. The second kappa shape index (κ2) is 9.07. The van der Waals surface area contributed by atoms with E-state index in [1.165, 1.54) is 6.21 Å². The Hall–Kier alpha value is -4.65. The summed E-state index contributed by atoms with van der Waals surface area (Å²) in [6.07, 6.45) is 1.43. The van der Waals surface area contributed by atoms with Gasteiger partial charge in [-0.1, -0.05) is 54.6 Å². The molecule has 0 spiro atoms. The van der Waals surface area contributed by atoms with Crippen molar-refractivity contribution in [2.45, 2.75) is 6.61 Å². The number of ether oxygens (including phenoxy) is 2. The summed E-state index contributed by atoms with van der Waals surface area (Å²) in [4.78, 5) is 27.6. The molecule has 0 bridgehead atoms. The minimum absolute atomic E-state index is 0.382. The average Bonchev–Trinajstić information content (AvgIpc) is 2.87. The molecule has 1 heterocycles. The van der Waals surface area contributed by atoms with Gasteiger partial charge in [0.25, 0.3) is 5.56 Å². The van der Waals surface area contributed by atoms with Crippen molar-refractivity contribution in [3.05, 3.63) is 117 Å². The smallest absolute Gasteiger partial charge is 0.349 e. The van der Waals surface area contributed by atoms with Gasteiger partial charge in [0.1, 0.15) is 6.61 Å². The number of methoxy groups -OCH3 is 1. The molecule has 0 atom stereocenters. The van der Waals surface area contributed by atoms with Gasteiger partial charge in [0.2, 0.25) is 0 Å². The van der Waals surface area contributed by atoms with Crippen LogP contribution in [-0.2, 0) is 6.61 Å². The number of benzene rings is 4. The molecule has 0 saturated heterocycles. The number of hydrogen-bond acceptors (Lipinski definition) is 5. The molecular weight excluding hydrogens is 430 g/mol. The molecule has 0 aliphatic heterocycles. The molecule has 0 amide bonds. The van der Waals surface area contributed by atoms with Crippen molar-refractivity contribution >= 4 is 27.9 Å². The molecule has 0 radical (unpaired) electrons. The van der Waals surface area contributed by atoms with Crippen molar-refractivity contribution < 1.29 is 9.47 Å². The highest BCUT2D eigenvalue weighted by molar-refractivity contribution is 5.85. The van der Waals surface area contributed by atoms with E-state index in [9.17, 15) is 9.59 Å². The quantitative estimate of drug-likeness (QED) is 0.390. The van der Waals surface area contributed by atoms with Crippen molar-refractivity contribution in [3.63, 3.8) is 0 Å². The van der Waals surface area contributed by atoms with E-state index in [2.05, 4.69) is 28.3 Å². The van der Waals surface area contributed by atoms with Crippen LogP contribution in [0.2, 0.25) is 0 Å². The number of aromatic amines is 1. The van der Waals surface area contributed by atoms with Gasteiger partial charge in [-0.3, -0.25) is 4.79 Å². The first-order valence-corrected chi connectivity index (χ1v) is 10.7. The molecular formula is C27H21N3O4. The Labute approximate surface area is 194 Å². The van der Waals surface area contributed by atoms with Gasteiger partial charge in [0, 0.05) is 0 Å². The van der Waals surface area contributed by atoms with Gasteiger partial charge in [-0.05, 0) is 52.2 Å². The van der Waals surface area contributed by atoms with Gasteiger partial charge in [-0.2, -0.15) is 5.10 Å². The van der Waals surface area contributed by atoms with Gasteiger partial charge in [-0.25, -0.2) is 4.79 Å². The number of para-hydroxylation sites is 1. The van der Waals surface area contributed by atoms with Gasteiger partial charge < -0.3 is 14.5 Å². The van der Waals surface area contributed by atoms with Crippen LogP contribution in [0.15, 0.2) is 99.6 Å². The second-order valence-electron chi connectivity index (χ2n) is 7.67. The minimum atomic E-state index is -0.609. The summed E-state index contributed by atoms with van der Waals surface area (Å²) in [5.41, 5.74) is 1.09. The Kier molecular flexibility index (Phi) is 5.66. The fraction of sp³-hybridized carbons (Fsp3) is 0.0741. The van der Waals surface area contributed by atoms with E-state index in [-0.39, 0.29) is 0 Å². The summed E-state index contributed by atoms with van der Waals surface area (Å²) < 4.78 is 12.3. The van der Waals surface area contributed by atoms with Crippen LogP contribution in [0, 0.1) is 0 Å². The monoisotopic (exact) mass is 451 g/mol. The fourth-order valence-electron chi connectivity index (χ4n) is 3.84. The molecule has 34 heavy (non-hydrogen) atoms. The SMILES string of the molecule is COc1cc(C=Nn2c(=O)[nH]c3ccccc3c2=O)ccc1OCc1cccc2ccccc12. The molecule has 7 heteroatoms. The lowest BCUT2D eigenvalue weighted by Crippen LogP contribution is -2.32. The molecule has 1 aromatic heterocycles. The maximum absolute atomic E-state index is 12.6. The molecule has 5 aromatic rings. The first kappa shape index (κ1) is 21.2. The fourth-order valence-corrected chi connectivity index (χ4v) is 3.84. The van der Waals surface area contributed by atoms with Crippen LogP contribution in [0.4, 0.5) is 0 Å². The Bertz CT molecular complexity index is 1640. The van der Waals surface area contributed by atoms with Crippen LogP contribution in [0.3, 0.4) is 0 Å². The molecule has 0 unspecified atom stereocenters. The molecule has 7 nitrogen and oxygen atoms in total. The first-order chi connectivity index (χ1) is 16.6. The predicted octanol–water partition coefficient (Wildman–Crippen LogP) is 4.31. The standard InChI is InChI=1S/C27H21N3O4/c1-33-25-15-18(16-28-30-26(31)22-11-4-5-12-23(22)29-27(30)32)13-14-24(25)34-17-20-9-6-8-19-7-2-3-10-21(19)20/h2-16H,17H2,1H3,(H,29,32). The number of fused-ring (bicyclic) bond motifs is 2. The van der Waals surface area contributed by atoms with Crippen molar-refractivity contribution in [1.29, 1.82) is 0 Å². The lowest BCUT2D eigenvalue weighted by Gasteiger charge is -2.12. The molecule has 0 aliphatic rings. The van der Waals surface area contributed by atoms with E-state index >= 15 is 0 Å². The van der Waals surface area contributed by atoms with E-state index in [1.54, 1.807) is 49.6 Å². The summed E-state index contributed by atoms with van der Waals surface area (Å²) in [6.45, 7) is 0.382. The van der Waals surface area contributed by atoms with E-state index in [4.69, 9.17) is 9.47 Å². The van der Waals surface area contributed by atoms with E-state index in [1.807, 2.05) is 24.3 Å². The number of H-pyrrole nitrogens is 1. The lowest BCUT2D eigenvalue weighted by atomic mass is 10.1. The summed E-state index contributed by atoms with van der Waals surface area (Å²) in [5, 5.41) is 6.77. The highest BCUT2D eigenvalue weighted by atomic mass is 16.5. The summed E-state index contributed by atoms with van der Waals surface area (Å²) in [5.74, 6) is 1.09. The van der Waals surface area contributed by atoms with Gasteiger partial charge in [0.05, 0.1) is 24.2 Å². The van der Waals surface area contributed by atoms with Crippen molar-refractivity contribution in [2.75, 3.05) is 7.11 Å². The molecule has 0 aliphatic carbocycles. The summed E-state index contributed by atoms with van der Waals surface area (Å²) >= 11 is 0. The minimum Gasteiger partial charge on any atom is -0.493 e. The number of nitrogens with one attached hydrogen (secondary N) is 1. The number of aromatic nitrogens is 2. The van der Waals surface area contributed by atoms with Crippen LogP contribution in [0.5, 0.6) is 11.5 Å². The normalized spacial score (nSPS) is 11.3. The molecule has 1 N–H and O–H groups in total. The van der Waals surface area contributed by atoms with Crippen molar-refractivity contribution in [1.82, 2.24) is 9.66 Å². The molecule has 5 rings (SSSR count). The topological polar surface area (TPSA) is 85.7 Å². The van der Waals surface area contributed by atoms with Crippen LogP contribution in [0.1, 0.15) is 11.1 Å². The van der Waals surface area contributed by atoms with Crippen LogP contribution in [-0.4, -0.2) is 23.0 Å². The molecule has 0 saturated carbocycles. The molecule has 4 aromatic carbocycles. The maximum Gasteiger partial charge on any atom is 0.349 e. The average molecular weight is 451 g/mol. The van der Waals surface area contributed by atoms with E-state index in [0.717, 1.165) is 21.0 Å². The Morgan fingerprint density at radius 3 is 2.50 bits per heavy atom. The highest BCUT2D eigenvalue weighted by Crippen LogP contribution is 2.29. The van der Waals surface area contributed by atoms with Crippen molar-refractivity contribution in [3.8, 4) is 11.5 Å². The van der Waals surface area contributed by atoms with E-state index in [0.29, 0.717) is 34.6 Å². The zero-order valence-electron chi connectivity index (χ0n) is 18.4. The maximum atomic E-state index is 12.6. The largest absolute Gasteiger partial charge is 0.493 e. The summed E-state index contributed by atoms with van der Waals surface area (Å²) in [7, 11) is 1.56. The Morgan fingerprint density at radius 2 is 1.65 bits per heavy atom. The third-order valence-corrected chi connectivity index (χ3v) is 5.56. The number of hydrogen-bond donors (Lipinski definition) is 1. The van der Waals surface area contributed by atoms with Crippen molar-refractivity contribution in [2.24, 2.45) is 5.10 Å². The second-order valence-corrected chi connectivity index (χ2v) is 7.67. The molecule has 168 valence electrons. The zero-order chi connectivity index (χ0) is 23.5. The molecule has 0 fully saturated rings. The summed E-state index contributed by atoms with van der Waals surface area (Å²) in [6, 6.07) is 26.4. The number of rotatable bonds is 6. The van der Waals surface area contributed by atoms with E-state index < -0.39 is 11.2 Å². The van der Waals surface area contributed by atoms with Gasteiger partial charge >= 0.3 is 5.69 Å². The highest BCUT2D eigenvalue weighted by Gasteiger charge is 2.09. The van der Waals surface area contributed by atoms with Crippen LogP contribution < -0.4 is 20.7 Å². The Morgan fingerprint density at radius 1 is 0.882 bits per heavy atom. The number of nitrogens with zero attached hydrogens (tertiary/aromatic N) is 2. The zero-order valence-corrected chi connectivity index (χ0v) is 18.4. The van der Waals surface area contributed by atoms with Gasteiger partial charge in [0.15, 0.2) is 11.5 Å². The van der Waals surface area contributed by atoms with Crippen LogP contribution >= 0.6 is 0 Å². The first-order valence-electron chi connectivity index (χ1n) is 10.7. The lowest BCUT2D eigenvalue weighted by molar-refractivity contribution is 0.285. The third kappa shape index (κ3) is 4.06. The van der Waals surface area contributed by atoms with Crippen LogP contribution in [0.25, 0.3) is 21.7 Å². The predicted molar refractivity (Wildman–Crippen MR) is 133 cm³/mol. The third-order valence-electron chi connectivity index (χ3n) is 5.56. The van der Waals surface area contributed by atoms with Gasteiger partial charge in [-0.15, -0.1) is 4.68 Å².